The highest BCUT2D eigenvalue weighted by atomic mass is 16.2. The number of para-hydroxylation sites is 1. The minimum Gasteiger partial charge on any atom is -0.339 e. The van der Waals surface area contributed by atoms with E-state index in [-0.39, 0.29) is 30.3 Å². The van der Waals surface area contributed by atoms with E-state index in [1.165, 1.54) is 5.56 Å². The Morgan fingerprint density at radius 1 is 0.844 bits per heavy atom. The molecule has 0 radical (unpaired) electrons. The minimum atomic E-state index is -0.337. The topological polar surface area (TPSA) is 64.7 Å². The van der Waals surface area contributed by atoms with E-state index < -0.39 is 0 Å². The molecule has 6 nitrogen and oxygen atoms in total. The fourth-order valence-corrected chi connectivity index (χ4v) is 4.12. The van der Waals surface area contributed by atoms with Crippen molar-refractivity contribution in [3.8, 4) is 0 Å². The number of anilines is 1. The Hall–Kier alpha value is -2.86. The molecule has 2 aromatic carbocycles. The van der Waals surface area contributed by atoms with Crippen LogP contribution in [0.4, 0.5) is 10.5 Å². The highest BCUT2D eigenvalue weighted by molar-refractivity contribution is 5.93. The number of piperazine rings is 1. The molecule has 0 aliphatic carbocycles. The second-order valence-corrected chi connectivity index (χ2v) is 9.07. The molecule has 2 aromatic rings. The molecular weight excluding hydrogens is 400 g/mol. The summed E-state index contributed by atoms with van der Waals surface area (Å²) in [6.45, 7) is 12.4. The van der Waals surface area contributed by atoms with E-state index >= 15 is 0 Å². The third kappa shape index (κ3) is 6.33. The van der Waals surface area contributed by atoms with Gasteiger partial charge in [-0.2, -0.15) is 0 Å². The first-order valence-electron chi connectivity index (χ1n) is 11.6. The number of carbonyl (C=O) groups excluding carboxylic acids is 2. The van der Waals surface area contributed by atoms with Crippen LogP contribution in [-0.4, -0.2) is 54.5 Å². The van der Waals surface area contributed by atoms with E-state index in [0.717, 1.165) is 36.4 Å². The predicted molar refractivity (Wildman–Crippen MR) is 130 cm³/mol. The Kier molecular flexibility index (Phi) is 8.28. The fourth-order valence-electron chi connectivity index (χ4n) is 4.12. The average Bonchev–Trinajstić information content (AvgIpc) is 2.78. The number of urea groups is 1. The van der Waals surface area contributed by atoms with E-state index in [4.69, 9.17) is 0 Å². The molecule has 172 valence electrons. The van der Waals surface area contributed by atoms with Crippen molar-refractivity contribution in [1.29, 1.82) is 0 Å². The lowest BCUT2D eigenvalue weighted by Crippen LogP contribution is -2.51. The smallest absolute Gasteiger partial charge is 0.319 e. The number of carbonyl (C=O) groups is 2. The molecule has 1 fully saturated rings. The van der Waals surface area contributed by atoms with Crippen LogP contribution in [0.25, 0.3) is 0 Å². The normalized spacial score (nSPS) is 14.6. The molecule has 1 aliphatic rings. The molecule has 2 N–H and O–H groups in total. The Morgan fingerprint density at radius 2 is 1.44 bits per heavy atom. The molecule has 32 heavy (non-hydrogen) atoms. The Morgan fingerprint density at radius 3 is 2.00 bits per heavy atom. The van der Waals surface area contributed by atoms with Crippen molar-refractivity contribution in [2.45, 2.75) is 46.1 Å². The third-order valence-electron chi connectivity index (χ3n) is 5.99. The first-order chi connectivity index (χ1) is 15.3. The molecule has 3 rings (SSSR count). The number of nitrogens with one attached hydrogen (secondary N) is 2. The van der Waals surface area contributed by atoms with Crippen LogP contribution in [0.1, 0.15) is 56.2 Å². The number of hydrogen-bond donors (Lipinski definition) is 2. The highest BCUT2D eigenvalue weighted by Gasteiger charge is 2.22. The van der Waals surface area contributed by atoms with E-state index in [9.17, 15) is 9.59 Å². The molecule has 0 bridgehead atoms. The van der Waals surface area contributed by atoms with Crippen molar-refractivity contribution in [3.63, 3.8) is 0 Å². The van der Waals surface area contributed by atoms with Crippen molar-refractivity contribution in [3.05, 3.63) is 65.2 Å². The Labute approximate surface area is 192 Å². The molecule has 1 heterocycles. The maximum absolute atomic E-state index is 12.6. The number of benzene rings is 2. The number of amides is 3. The summed E-state index contributed by atoms with van der Waals surface area (Å²) in [5.41, 5.74) is 4.35. The largest absolute Gasteiger partial charge is 0.339 e. The molecule has 0 saturated carbocycles. The van der Waals surface area contributed by atoms with E-state index in [2.05, 4.69) is 67.5 Å². The summed E-state index contributed by atoms with van der Waals surface area (Å²) in [5.74, 6) is 0.538. The number of nitrogens with zero attached hydrogens (tertiary/aromatic N) is 2. The first kappa shape index (κ1) is 23.8. The van der Waals surface area contributed by atoms with Gasteiger partial charge in [0.05, 0.1) is 6.54 Å². The van der Waals surface area contributed by atoms with Crippen LogP contribution < -0.4 is 10.6 Å². The fraction of sp³-hybridized carbons (Fsp3) is 0.462. The van der Waals surface area contributed by atoms with Crippen LogP contribution in [0.15, 0.2) is 48.5 Å². The molecule has 6 heteroatoms. The van der Waals surface area contributed by atoms with Crippen LogP contribution in [0.2, 0.25) is 0 Å². The maximum atomic E-state index is 12.6. The highest BCUT2D eigenvalue weighted by Crippen LogP contribution is 2.32. The molecule has 0 spiro atoms. The van der Waals surface area contributed by atoms with Crippen LogP contribution >= 0.6 is 0 Å². The Balaban J connectivity index is 1.49. The van der Waals surface area contributed by atoms with Gasteiger partial charge >= 0.3 is 6.03 Å². The molecule has 1 saturated heterocycles. The van der Waals surface area contributed by atoms with E-state index in [1.807, 2.05) is 29.2 Å². The van der Waals surface area contributed by atoms with Gasteiger partial charge in [0.25, 0.3) is 0 Å². The summed E-state index contributed by atoms with van der Waals surface area (Å²) >= 11 is 0. The van der Waals surface area contributed by atoms with Gasteiger partial charge < -0.3 is 15.5 Å². The number of rotatable bonds is 7. The summed E-state index contributed by atoms with van der Waals surface area (Å²) < 4.78 is 0. The van der Waals surface area contributed by atoms with Gasteiger partial charge in [-0.1, -0.05) is 76.2 Å². The first-order valence-corrected chi connectivity index (χ1v) is 11.6. The second kappa shape index (κ2) is 11.1. The van der Waals surface area contributed by atoms with Gasteiger partial charge in [0, 0.05) is 38.4 Å². The van der Waals surface area contributed by atoms with Crippen LogP contribution in [0.3, 0.4) is 0 Å². The molecule has 0 aromatic heterocycles. The zero-order valence-corrected chi connectivity index (χ0v) is 19.7. The lowest BCUT2D eigenvalue weighted by atomic mass is 9.93. The zero-order valence-electron chi connectivity index (χ0n) is 19.7. The van der Waals surface area contributed by atoms with Crippen molar-refractivity contribution >= 4 is 17.6 Å². The van der Waals surface area contributed by atoms with Gasteiger partial charge in [-0.05, 0) is 28.5 Å². The summed E-state index contributed by atoms with van der Waals surface area (Å²) in [5, 5.41) is 5.76. The standard InChI is InChI=1S/C26H36N4O2/c1-19(2)22-11-8-12-23(20(3)4)25(22)28-26(32)27-17-24(31)30-15-13-29(14-16-30)18-21-9-6-5-7-10-21/h5-12,19-20H,13-18H2,1-4H3,(H2,27,28,32). The summed E-state index contributed by atoms with van der Waals surface area (Å²) in [7, 11) is 0. The zero-order chi connectivity index (χ0) is 23.1. The molecule has 0 unspecified atom stereocenters. The average molecular weight is 437 g/mol. The second-order valence-electron chi connectivity index (χ2n) is 9.07. The lowest BCUT2D eigenvalue weighted by molar-refractivity contribution is -0.131. The lowest BCUT2D eigenvalue weighted by Gasteiger charge is -2.34. The van der Waals surface area contributed by atoms with Crippen molar-refractivity contribution in [2.75, 3.05) is 38.0 Å². The van der Waals surface area contributed by atoms with Crippen molar-refractivity contribution in [2.24, 2.45) is 0 Å². The number of hydrogen-bond acceptors (Lipinski definition) is 3. The monoisotopic (exact) mass is 436 g/mol. The van der Waals surface area contributed by atoms with E-state index in [1.54, 1.807) is 0 Å². The summed E-state index contributed by atoms with van der Waals surface area (Å²) in [6.07, 6.45) is 0. The van der Waals surface area contributed by atoms with Crippen LogP contribution in [0, 0.1) is 0 Å². The molecular formula is C26H36N4O2. The van der Waals surface area contributed by atoms with Gasteiger partial charge in [0.2, 0.25) is 5.91 Å². The summed E-state index contributed by atoms with van der Waals surface area (Å²) in [4.78, 5) is 29.4. The van der Waals surface area contributed by atoms with Crippen molar-refractivity contribution in [1.82, 2.24) is 15.1 Å². The molecule has 1 aliphatic heterocycles. The quantitative estimate of drug-likeness (QED) is 0.676. The Bertz CT molecular complexity index is 877. The molecule has 3 amide bonds. The van der Waals surface area contributed by atoms with Gasteiger partial charge in [0.1, 0.15) is 0 Å². The molecule has 0 atom stereocenters. The third-order valence-corrected chi connectivity index (χ3v) is 5.99. The van der Waals surface area contributed by atoms with Gasteiger partial charge in [-0.25, -0.2) is 4.79 Å². The van der Waals surface area contributed by atoms with Gasteiger partial charge in [-0.15, -0.1) is 0 Å². The minimum absolute atomic E-state index is 0.00533. The predicted octanol–water partition coefficient (Wildman–Crippen LogP) is 4.40. The van der Waals surface area contributed by atoms with Gasteiger partial charge in [0.15, 0.2) is 0 Å². The van der Waals surface area contributed by atoms with Crippen molar-refractivity contribution < 1.29 is 9.59 Å². The van der Waals surface area contributed by atoms with Crippen LogP contribution in [-0.2, 0) is 11.3 Å². The SMILES string of the molecule is CC(C)c1cccc(C(C)C)c1NC(=O)NCC(=O)N1CCN(Cc2ccccc2)CC1. The summed E-state index contributed by atoms with van der Waals surface area (Å²) in [6, 6.07) is 16.2. The maximum Gasteiger partial charge on any atom is 0.319 e. The van der Waals surface area contributed by atoms with Gasteiger partial charge in [-0.3, -0.25) is 9.69 Å². The van der Waals surface area contributed by atoms with Crippen LogP contribution in [0.5, 0.6) is 0 Å². The van der Waals surface area contributed by atoms with E-state index in [0.29, 0.717) is 13.1 Å².